The Morgan fingerprint density at radius 2 is 1.71 bits per heavy atom. The van der Waals surface area contributed by atoms with Gasteiger partial charge in [-0.1, -0.05) is 6.07 Å². The van der Waals surface area contributed by atoms with Gasteiger partial charge in [0.1, 0.15) is 12.4 Å². The summed E-state index contributed by atoms with van der Waals surface area (Å²) in [4.78, 5) is 30.2. The molecule has 2 aliphatic rings. The summed E-state index contributed by atoms with van der Waals surface area (Å²) < 4.78 is 55.9. The second-order valence-corrected chi connectivity index (χ2v) is 9.65. The fourth-order valence-corrected chi connectivity index (χ4v) is 5.91. The van der Waals surface area contributed by atoms with Crippen molar-refractivity contribution in [1.82, 2.24) is 9.47 Å². The van der Waals surface area contributed by atoms with Crippen LogP contribution in [0.15, 0.2) is 34.6 Å². The van der Waals surface area contributed by atoms with Crippen LogP contribution in [-0.4, -0.2) is 41.6 Å². The second-order valence-electron chi connectivity index (χ2n) is 8.78. The lowest BCUT2D eigenvalue weighted by Crippen LogP contribution is -2.35. The van der Waals surface area contributed by atoms with Crippen molar-refractivity contribution in [1.29, 1.82) is 0 Å². The molecule has 180 valence electrons. The van der Waals surface area contributed by atoms with Crippen LogP contribution in [0.2, 0.25) is 0 Å². The zero-order chi connectivity index (χ0) is 24.0. The number of benzene rings is 1. The molecule has 0 atom stereocenters. The summed E-state index contributed by atoms with van der Waals surface area (Å²) in [5, 5.41) is 1.91. The molecule has 34 heavy (non-hydrogen) atoms. The summed E-state index contributed by atoms with van der Waals surface area (Å²) in [5.41, 5.74) is -0.563. The Morgan fingerprint density at radius 3 is 2.38 bits per heavy atom. The van der Waals surface area contributed by atoms with Crippen molar-refractivity contribution in [3.63, 3.8) is 0 Å². The quantitative estimate of drug-likeness (QED) is 0.475. The van der Waals surface area contributed by atoms with E-state index in [1.54, 1.807) is 16.5 Å². The first kappa shape index (κ1) is 22.9. The van der Waals surface area contributed by atoms with E-state index in [9.17, 15) is 27.2 Å². The number of thiophene rings is 1. The van der Waals surface area contributed by atoms with Crippen LogP contribution in [0.25, 0.3) is 21.2 Å². The molecular formula is C24H23F4N3O2S. The number of pyridine rings is 1. The number of anilines is 1. The molecule has 0 N–H and O–H groups in total. The van der Waals surface area contributed by atoms with E-state index in [1.807, 2.05) is 0 Å². The second kappa shape index (κ2) is 8.72. The summed E-state index contributed by atoms with van der Waals surface area (Å²) in [5.74, 6) is -1.51. The average Bonchev–Trinajstić information content (AvgIpc) is 3.56. The van der Waals surface area contributed by atoms with Gasteiger partial charge in [0.2, 0.25) is 5.91 Å². The number of likely N-dealkylation sites (tertiary alicyclic amines) is 1. The predicted octanol–water partition coefficient (Wildman–Crippen LogP) is 5.11. The summed E-state index contributed by atoms with van der Waals surface area (Å²) in [6, 6.07) is 2.79. The minimum absolute atomic E-state index is 0.119. The van der Waals surface area contributed by atoms with E-state index >= 15 is 0 Å². The molecule has 0 bridgehead atoms. The van der Waals surface area contributed by atoms with Gasteiger partial charge >= 0.3 is 6.18 Å². The first-order chi connectivity index (χ1) is 16.2. The van der Waals surface area contributed by atoms with E-state index in [1.165, 1.54) is 22.0 Å². The van der Waals surface area contributed by atoms with Crippen LogP contribution in [-0.2, 0) is 17.5 Å². The number of hydrogen-bond acceptors (Lipinski definition) is 4. The molecule has 3 aromatic rings. The van der Waals surface area contributed by atoms with Crippen molar-refractivity contribution in [2.24, 2.45) is 0 Å². The normalized spacial score (nSPS) is 16.7. The maximum atomic E-state index is 13.9. The molecule has 0 radical (unpaired) electrons. The third-order valence-electron chi connectivity index (χ3n) is 6.57. The molecule has 2 fully saturated rings. The van der Waals surface area contributed by atoms with Crippen LogP contribution in [0.5, 0.6) is 0 Å². The smallest absolute Gasteiger partial charge is 0.369 e. The lowest BCUT2D eigenvalue weighted by atomic mass is 10.0. The third kappa shape index (κ3) is 4.08. The number of carbonyl (C=O) groups is 1. The van der Waals surface area contributed by atoms with Gasteiger partial charge < -0.3 is 14.4 Å². The first-order valence-electron chi connectivity index (χ1n) is 11.3. The molecule has 1 amide bonds. The number of nitrogens with zero attached hydrogens (tertiary/aromatic N) is 3. The molecule has 0 unspecified atom stereocenters. The van der Waals surface area contributed by atoms with Gasteiger partial charge in [-0.3, -0.25) is 9.59 Å². The van der Waals surface area contributed by atoms with Crippen LogP contribution in [0.4, 0.5) is 23.2 Å². The number of alkyl halides is 3. The largest absolute Gasteiger partial charge is 0.419 e. The minimum atomic E-state index is -4.85. The molecule has 2 aliphatic heterocycles. The lowest BCUT2D eigenvalue weighted by Gasteiger charge is -2.21. The standard InChI is InChI=1S/C24H23F4N3O2S/c25-18-6-5-15(11-17(18)24(26,27)28)16-14-34-22-19(29-7-1-2-8-29)12-31(23(33)21(16)22)13-20(32)30-9-3-4-10-30/h5-6,11-12,14H,1-4,7-10,13H2. The van der Waals surface area contributed by atoms with Gasteiger partial charge in [0, 0.05) is 43.3 Å². The number of carbonyl (C=O) groups excluding carboxylic acids is 1. The number of amides is 1. The zero-order valence-electron chi connectivity index (χ0n) is 18.3. The van der Waals surface area contributed by atoms with E-state index in [0.29, 0.717) is 23.4 Å². The molecule has 0 saturated carbocycles. The third-order valence-corrected chi connectivity index (χ3v) is 7.57. The molecule has 2 aromatic heterocycles. The van der Waals surface area contributed by atoms with Gasteiger partial charge in [0.25, 0.3) is 5.56 Å². The average molecular weight is 494 g/mol. The van der Waals surface area contributed by atoms with E-state index in [-0.39, 0.29) is 23.4 Å². The predicted molar refractivity (Wildman–Crippen MR) is 124 cm³/mol. The van der Waals surface area contributed by atoms with Gasteiger partial charge in [-0.15, -0.1) is 11.3 Å². The summed E-state index contributed by atoms with van der Waals surface area (Å²) >= 11 is 1.28. The Labute approximate surface area is 197 Å². The van der Waals surface area contributed by atoms with Crippen LogP contribution >= 0.6 is 11.3 Å². The van der Waals surface area contributed by atoms with Gasteiger partial charge in [-0.2, -0.15) is 13.2 Å². The molecule has 10 heteroatoms. The minimum Gasteiger partial charge on any atom is -0.369 e. The van der Waals surface area contributed by atoms with Crippen molar-refractivity contribution in [3.05, 3.63) is 51.5 Å². The monoisotopic (exact) mass is 493 g/mol. The van der Waals surface area contributed by atoms with E-state index in [0.717, 1.165) is 56.6 Å². The highest BCUT2D eigenvalue weighted by Crippen LogP contribution is 2.40. The Morgan fingerprint density at radius 1 is 1.03 bits per heavy atom. The van der Waals surface area contributed by atoms with Crippen molar-refractivity contribution in [3.8, 4) is 11.1 Å². The highest BCUT2D eigenvalue weighted by Gasteiger charge is 2.34. The fourth-order valence-electron chi connectivity index (χ4n) is 4.80. The van der Waals surface area contributed by atoms with Gasteiger partial charge in [0.15, 0.2) is 0 Å². The molecule has 2 saturated heterocycles. The zero-order valence-corrected chi connectivity index (χ0v) is 19.1. The summed E-state index contributed by atoms with van der Waals surface area (Å²) in [7, 11) is 0. The van der Waals surface area contributed by atoms with E-state index in [4.69, 9.17) is 0 Å². The molecule has 5 nitrogen and oxygen atoms in total. The van der Waals surface area contributed by atoms with Gasteiger partial charge in [-0.05, 0) is 43.4 Å². The van der Waals surface area contributed by atoms with Crippen LogP contribution < -0.4 is 10.5 Å². The van der Waals surface area contributed by atoms with Crippen molar-refractivity contribution < 1.29 is 22.4 Å². The Bertz CT molecular complexity index is 1300. The summed E-state index contributed by atoms with van der Waals surface area (Å²) in [6.07, 6.45) is 0.709. The Kier molecular flexibility index (Phi) is 5.87. The molecule has 4 heterocycles. The molecule has 5 rings (SSSR count). The van der Waals surface area contributed by atoms with Crippen LogP contribution in [0, 0.1) is 5.82 Å². The number of aromatic nitrogens is 1. The highest BCUT2D eigenvalue weighted by atomic mass is 32.1. The SMILES string of the molecule is O=C(Cn1cc(N2CCCC2)c2scc(-c3ccc(F)c(C(F)(F)F)c3)c2c1=O)N1CCCC1. The Balaban J connectivity index is 1.67. The van der Waals surface area contributed by atoms with Gasteiger partial charge in [0.05, 0.1) is 21.3 Å². The van der Waals surface area contributed by atoms with E-state index < -0.39 is 23.1 Å². The number of rotatable bonds is 4. The number of halogens is 4. The molecular weight excluding hydrogens is 470 g/mol. The topological polar surface area (TPSA) is 45.6 Å². The lowest BCUT2D eigenvalue weighted by molar-refractivity contribution is -0.140. The van der Waals surface area contributed by atoms with E-state index in [2.05, 4.69) is 4.90 Å². The fraction of sp³-hybridized carbons (Fsp3) is 0.417. The Hall–Kier alpha value is -2.88. The number of fused-ring (bicyclic) bond motifs is 1. The first-order valence-corrected chi connectivity index (χ1v) is 12.2. The van der Waals surface area contributed by atoms with Gasteiger partial charge in [-0.25, -0.2) is 4.39 Å². The maximum absolute atomic E-state index is 13.9. The van der Waals surface area contributed by atoms with Crippen LogP contribution in [0.1, 0.15) is 31.2 Å². The molecule has 0 spiro atoms. The maximum Gasteiger partial charge on any atom is 0.419 e. The summed E-state index contributed by atoms with van der Waals surface area (Å²) in [6.45, 7) is 2.80. The van der Waals surface area contributed by atoms with Crippen molar-refractivity contribution >= 4 is 33.0 Å². The van der Waals surface area contributed by atoms with Crippen molar-refractivity contribution in [2.45, 2.75) is 38.4 Å². The van der Waals surface area contributed by atoms with Crippen molar-refractivity contribution in [2.75, 3.05) is 31.1 Å². The van der Waals surface area contributed by atoms with Crippen LogP contribution in [0.3, 0.4) is 0 Å². The highest BCUT2D eigenvalue weighted by molar-refractivity contribution is 7.18. The number of hydrogen-bond donors (Lipinski definition) is 0. The molecule has 1 aromatic carbocycles. The molecule has 0 aliphatic carbocycles.